The molecule has 1 aliphatic rings. The minimum Gasteiger partial charge on any atom is -0.490 e. The number of nitrogens with zero attached hydrogens (tertiary/aromatic N) is 2. The highest BCUT2D eigenvalue weighted by molar-refractivity contribution is 5.94. The maximum Gasteiger partial charge on any atom is 0.339 e. The molecule has 7 heteroatoms. The van der Waals surface area contributed by atoms with Crippen molar-refractivity contribution in [3.63, 3.8) is 0 Å². The summed E-state index contributed by atoms with van der Waals surface area (Å²) in [6.07, 6.45) is 2.54. The zero-order valence-corrected chi connectivity index (χ0v) is 15.7. The predicted octanol–water partition coefficient (Wildman–Crippen LogP) is 2.70. The molecule has 1 aliphatic heterocycles. The molecule has 3 heterocycles. The van der Waals surface area contributed by atoms with Crippen LogP contribution in [0.25, 0.3) is 10.9 Å². The Morgan fingerprint density at radius 3 is 2.75 bits per heavy atom. The van der Waals surface area contributed by atoms with E-state index in [1.165, 1.54) is 7.11 Å². The zero-order valence-electron chi connectivity index (χ0n) is 15.7. The monoisotopic (exact) mass is 380 g/mol. The Hall–Kier alpha value is -3.35. The molecule has 7 nitrogen and oxygen atoms in total. The van der Waals surface area contributed by atoms with E-state index < -0.39 is 5.97 Å². The second-order valence-electron chi connectivity index (χ2n) is 6.63. The number of rotatable bonds is 3. The lowest BCUT2D eigenvalue weighted by atomic mass is 10.1. The number of hydrogen-bond donors (Lipinski definition) is 0. The normalized spacial score (nSPS) is 13.2. The van der Waals surface area contributed by atoms with Crippen molar-refractivity contribution in [1.29, 1.82) is 0 Å². The van der Waals surface area contributed by atoms with Crippen LogP contribution in [0, 0.1) is 6.92 Å². The van der Waals surface area contributed by atoms with Crippen molar-refractivity contribution in [2.24, 2.45) is 0 Å². The topological polar surface area (TPSA) is 79.7 Å². The molecule has 0 saturated carbocycles. The number of aryl methyl sites for hydroxylation is 1. The van der Waals surface area contributed by atoms with Crippen LogP contribution in [-0.2, 0) is 11.3 Å². The summed E-state index contributed by atoms with van der Waals surface area (Å²) in [6.45, 7) is 3.32. The molecule has 0 N–H and O–H groups in total. The molecule has 3 aromatic rings. The number of benzene rings is 1. The van der Waals surface area contributed by atoms with Gasteiger partial charge in [0.05, 0.1) is 49.0 Å². The molecule has 144 valence electrons. The van der Waals surface area contributed by atoms with Gasteiger partial charge in [0.25, 0.3) is 5.56 Å². The molecule has 0 bridgehead atoms. The molecule has 0 saturated heterocycles. The molecule has 0 atom stereocenters. The Morgan fingerprint density at radius 2 is 1.96 bits per heavy atom. The van der Waals surface area contributed by atoms with E-state index in [-0.39, 0.29) is 5.56 Å². The number of ether oxygens (including phenoxy) is 3. The molecule has 0 radical (unpaired) electrons. The number of carbonyl (C=O) groups excluding carboxylic acids is 1. The van der Waals surface area contributed by atoms with Crippen LogP contribution in [0.4, 0.5) is 0 Å². The van der Waals surface area contributed by atoms with Crippen molar-refractivity contribution in [2.45, 2.75) is 19.9 Å². The van der Waals surface area contributed by atoms with Gasteiger partial charge in [-0.2, -0.15) is 0 Å². The SMILES string of the molecule is COC(=O)c1cc2c(=O)n(Cc3ccc4c(c3)OCCCO4)ccc2nc1C. The first kappa shape index (κ1) is 18.0. The van der Waals surface area contributed by atoms with E-state index in [4.69, 9.17) is 14.2 Å². The fourth-order valence-electron chi connectivity index (χ4n) is 3.25. The summed E-state index contributed by atoms with van der Waals surface area (Å²) < 4.78 is 17.7. The van der Waals surface area contributed by atoms with Crippen LogP contribution in [0.1, 0.15) is 28.0 Å². The van der Waals surface area contributed by atoms with Gasteiger partial charge in [0, 0.05) is 12.6 Å². The highest BCUT2D eigenvalue weighted by Crippen LogP contribution is 2.30. The van der Waals surface area contributed by atoms with E-state index in [9.17, 15) is 9.59 Å². The first-order valence-electron chi connectivity index (χ1n) is 9.04. The molecule has 4 rings (SSSR count). The van der Waals surface area contributed by atoms with Gasteiger partial charge in [-0.15, -0.1) is 0 Å². The Labute approximate surface area is 161 Å². The number of pyridine rings is 2. The van der Waals surface area contributed by atoms with E-state index in [1.54, 1.807) is 29.8 Å². The van der Waals surface area contributed by atoms with Gasteiger partial charge in [0.15, 0.2) is 11.5 Å². The first-order valence-corrected chi connectivity index (χ1v) is 9.04. The molecule has 0 amide bonds. The number of methoxy groups -OCH3 is 1. The van der Waals surface area contributed by atoms with Gasteiger partial charge in [0.1, 0.15) is 0 Å². The van der Waals surface area contributed by atoms with E-state index in [0.29, 0.717) is 47.7 Å². The lowest BCUT2D eigenvalue weighted by Gasteiger charge is -2.12. The van der Waals surface area contributed by atoms with Crippen molar-refractivity contribution >= 4 is 16.9 Å². The zero-order chi connectivity index (χ0) is 19.7. The van der Waals surface area contributed by atoms with Crippen LogP contribution in [0.15, 0.2) is 41.3 Å². The van der Waals surface area contributed by atoms with Crippen LogP contribution in [0.3, 0.4) is 0 Å². The number of hydrogen-bond acceptors (Lipinski definition) is 6. The summed E-state index contributed by atoms with van der Waals surface area (Å²) in [5.74, 6) is 0.896. The fraction of sp³-hybridized carbons (Fsp3) is 0.286. The quantitative estimate of drug-likeness (QED) is 0.650. The fourth-order valence-corrected chi connectivity index (χ4v) is 3.25. The number of carbonyl (C=O) groups is 1. The summed E-state index contributed by atoms with van der Waals surface area (Å²) in [6, 6.07) is 8.99. The lowest BCUT2D eigenvalue weighted by molar-refractivity contribution is 0.0599. The molecular formula is C21H20N2O5. The lowest BCUT2D eigenvalue weighted by Crippen LogP contribution is -2.21. The third kappa shape index (κ3) is 3.31. The molecular weight excluding hydrogens is 360 g/mol. The Bertz CT molecular complexity index is 1120. The van der Waals surface area contributed by atoms with Crippen LogP contribution in [0.5, 0.6) is 11.5 Å². The summed E-state index contributed by atoms with van der Waals surface area (Å²) in [5, 5.41) is 0.378. The summed E-state index contributed by atoms with van der Waals surface area (Å²) in [4.78, 5) is 29.3. The molecule has 0 fully saturated rings. The van der Waals surface area contributed by atoms with Gasteiger partial charge in [-0.05, 0) is 36.8 Å². The minimum atomic E-state index is -0.510. The predicted molar refractivity (Wildman–Crippen MR) is 103 cm³/mol. The Kier molecular flexibility index (Phi) is 4.73. The van der Waals surface area contributed by atoms with Crippen LogP contribution in [-0.4, -0.2) is 35.8 Å². The first-order chi connectivity index (χ1) is 13.6. The number of fused-ring (bicyclic) bond motifs is 2. The summed E-state index contributed by atoms with van der Waals surface area (Å²) in [7, 11) is 1.30. The molecule has 2 aromatic heterocycles. The van der Waals surface area contributed by atoms with Gasteiger partial charge in [-0.3, -0.25) is 9.78 Å². The van der Waals surface area contributed by atoms with Crippen molar-refractivity contribution in [3.05, 3.63) is 63.7 Å². The van der Waals surface area contributed by atoms with Crippen molar-refractivity contribution in [1.82, 2.24) is 9.55 Å². The van der Waals surface area contributed by atoms with Gasteiger partial charge >= 0.3 is 5.97 Å². The second kappa shape index (κ2) is 7.34. The average molecular weight is 380 g/mol. The third-order valence-corrected chi connectivity index (χ3v) is 4.72. The maximum absolute atomic E-state index is 13.0. The van der Waals surface area contributed by atoms with E-state index in [2.05, 4.69) is 4.98 Å². The Morgan fingerprint density at radius 1 is 1.18 bits per heavy atom. The maximum atomic E-state index is 13.0. The van der Waals surface area contributed by atoms with Gasteiger partial charge < -0.3 is 18.8 Å². The standard InChI is InChI=1S/C21H20N2O5/c1-13-15(21(25)26-2)11-16-17(22-13)6-7-23(20(16)24)12-14-4-5-18-19(10-14)28-9-3-8-27-18/h4-7,10-11H,3,8-9,12H2,1-2H3. The van der Waals surface area contributed by atoms with E-state index in [1.807, 2.05) is 18.2 Å². The van der Waals surface area contributed by atoms with E-state index >= 15 is 0 Å². The minimum absolute atomic E-state index is 0.220. The highest BCUT2D eigenvalue weighted by Gasteiger charge is 2.15. The van der Waals surface area contributed by atoms with Gasteiger partial charge in [-0.25, -0.2) is 4.79 Å². The smallest absolute Gasteiger partial charge is 0.339 e. The van der Waals surface area contributed by atoms with Gasteiger partial charge in [-0.1, -0.05) is 6.07 Å². The molecule has 0 unspecified atom stereocenters. The van der Waals surface area contributed by atoms with Crippen molar-refractivity contribution < 1.29 is 19.0 Å². The highest BCUT2D eigenvalue weighted by atomic mass is 16.5. The summed E-state index contributed by atoms with van der Waals surface area (Å²) >= 11 is 0. The third-order valence-electron chi connectivity index (χ3n) is 4.72. The van der Waals surface area contributed by atoms with Gasteiger partial charge in [0.2, 0.25) is 0 Å². The largest absolute Gasteiger partial charge is 0.490 e. The molecule has 28 heavy (non-hydrogen) atoms. The van der Waals surface area contributed by atoms with Crippen LogP contribution in [0.2, 0.25) is 0 Å². The molecule has 0 aliphatic carbocycles. The van der Waals surface area contributed by atoms with Crippen molar-refractivity contribution in [2.75, 3.05) is 20.3 Å². The van der Waals surface area contributed by atoms with Crippen LogP contribution < -0.4 is 15.0 Å². The molecule has 1 aromatic carbocycles. The Balaban J connectivity index is 1.72. The average Bonchev–Trinajstić information content (AvgIpc) is 2.94. The van der Waals surface area contributed by atoms with Crippen LogP contribution >= 0.6 is 0 Å². The number of aromatic nitrogens is 2. The second-order valence-corrected chi connectivity index (χ2v) is 6.63. The number of esters is 1. The summed E-state index contributed by atoms with van der Waals surface area (Å²) in [5.41, 5.74) is 2.06. The van der Waals surface area contributed by atoms with Crippen molar-refractivity contribution in [3.8, 4) is 11.5 Å². The molecule has 0 spiro atoms. The van der Waals surface area contributed by atoms with E-state index in [0.717, 1.165) is 17.7 Å².